The molecule has 1 saturated heterocycles. The van der Waals surface area contributed by atoms with Crippen LogP contribution in [0.4, 0.5) is 0 Å². The highest BCUT2D eigenvalue weighted by molar-refractivity contribution is 5.93. The Morgan fingerprint density at radius 2 is 1.80 bits per heavy atom. The predicted molar refractivity (Wildman–Crippen MR) is 94.2 cm³/mol. The second-order valence-electron chi connectivity index (χ2n) is 7.77. The number of hydrogen-bond donors (Lipinski definition) is 1. The molecule has 0 bridgehead atoms. The molecule has 1 aliphatic carbocycles. The van der Waals surface area contributed by atoms with Crippen molar-refractivity contribution in [3.8, 4) is 0 Å². The zero-order chi connectivity index (χ0) is 17.2. The van der Waals surface area contributed by atoms with Crippen LogP contribution in [-0.2, 0) is 17.8 Å². The van der Waals surface area contributed by atoms with E-state index in [-0.39, 0.29) is 17.7 Å². The highest BCUT2D eigenvalue weighted by atomic mass is 16.2. The average molecular weight is 344 g/mol. The molecule has 0 radical (unpaired) electrons. The number of fused-ring (bicyclic) bond motifs is 1. The Kier molecular flexibility index (Phi) is 4.77. The minimum absolute atomic E-state index is 0.00318. The lowest BCUT2D eigenvalue weighted by Crippen LogP contribution is -2.44. The second kappa shape index (κ2) is 7.18. The van der Waals surface area contributed by atoms with Crippen molar-refractivity contribution in [2.24, 2.45) is 5.92 Å². The van der Waals surface area contributed by atoms with Crippen molar-refractivity contribution in [3.05, 3.63) is 17.7 Å². The number of nitrogens with zero attached hydrogens (tertiary/aromatic N) is 3. The summed E-state index contributed by atoms with van der Waals surface area (Å²) in [4.78, 5) is 31.7. The van der Waals surface area contributed by atoms with Crippen molar-refractivity contribution < 1.29 is 9.59 Å². The van der Waals surface area contributed by atoms with E-state index in [9.17, 15) is 9.59 Å². The lowest BCUT2D eigenvalue weighted by Gasteiger charge is -2.30. The first-order chi connectivity index (χ1) is 12.2. The van der Waals surface area contributed by atoms with E-state index in [4.69, 9.17) is 0 Å². The fourth-order valence-corrected chi connectivity index (χ4v) is 4.15. The molecule has 2 aliphatic heterocycles. The van der Waals surface area contributed by atoms with Gasteiger partial charge >= 0.3 is 0 Å². The van der Waals surface area contributed by atoms with Gasteiger partial charge in [-0.3, -0.25) is 9.59 Å². The average Bonchev–Trinajstić information content (AvgIpc) is 2.82. The molecule has 25 heavy (non-hydrogen) atoms. The van der Waals surface area contributed by atoms with Gasteiger partial charge in [0, 0.05) is 25.7 Å². The monoisotopic (exact) mass is 344 g/mol. The number of rotatable bonds is 3. The van der Waals surface area contributed by atoms with Gasteiger partial charge in [0.2, 0.25) is 5.91 Å². The summed E-state index contributed by atoms with van der Waals surface area (Å²) in [7, 11) is 0. The lowest BCUT2D eigenvalue weighted by molar-refractivity contribution is -0.127. The largest absolute Gasteiger partial charge is 0.353 e. The number of carbonyl (C=O) groups is 2. The summed E-state index contributed by atoms with van der Waals surface area (Å²) in [5.74, 6) is 0.251. The van der Waals surface area contributed by atoms with E-state index in [1.807, 2.05) is 9.47 Å². The molecule has 0 spiro atoms. The number of hydrogen-bond acceptors (Lipinski definition) is 3. The molecule has 1 saturated carbocycles. The molecule has 136 valence electrons. The van der Waals surface area contributed by atoms with E-state index in [1.54, 1.807) is 6.33 Å². The van der Waals surface area contributed by atoms with Crippen molar-refractivity contribution in [3.63, 3.8) is 0 Å². The highest BCUT2D eigenvalue weighted by Crippen LogP contribution is 2.25. The molecule has 3 heterocycles. The zero-order valence-electron chi connectivity index (χ0n) is 14.9. The normalized spacial score (nSPS) is 24.2. The summed E-state index contributed by atoms with van der Waals surface area (Å²) < 4.78 is 2.03. The van der Waals surface area contributed by atoms with E-state index >= 15 is 0 Å². The van der Waals surface area contributed by atoms with Crippen molar-refractivity contribution in [1.82, 2.24) is 19.8 Å². The zero-order valence-corrected chi connectivity index (χ0v) is 14.9. The maximum atomic E-state index is 12.9. The van der Waals surface area contributed by atoms with Crippen molar-refractivity contribution in [2.75, 3.05) is 13.1 Å². The Labute approximate surface area is 149 Å². The molecule has 1 N–H and O–H groups in total. The highest BCUT2D eigenvalue weighted by Gasteiger charge is 2.31. The van der Waals surface area contributed by atoms with Gasteiger partial charge in [0.1, 0.15) is 5.69 Å². The Hall–Kier alpha value is -1.85. The first-order valence-corrected chi connectivity index (χ1v) is 9.86. The smallest absolute Gasteiger partial charge is 0.274 e. The first-order valence-electron chi connectivity index (χ1n) is 9.86. The van der Waals surface area contributed by atoms with Crippen LogP contribution in [0, 0.1) is 5.92 Å². The van der Waals surface area contributed by atoms with E-state index in [1.165, 1.54) is 19.3 Å². The van der Waals surface area contributed by atoms with Crippen molar-refractivity contribution >= 4 is 11.8 Å². The molecular weight excluding hydrogens is 316 g/mol. The van der Waals surface area contributed by atoms with E-state index < -0.39 is 0 Å². The summed E-state index contributed by atoms with van der Waals surface area (Å²) in [6, 6.07) is 0.386. The van der Waals surface area contributed by atoms with Crippen LogP contribution in [0.25, 0.3) is 0 Å². The van der Waals surface area contributed by atoms with Crippen LogP contribution in [0.5, 0.6) is 0 Å². The molecule has 6 heteroatoms. The summed E-state index contributed by atoms with van der Waals surface area (Å²) in [5.41, 5.74) is 1.63. The van der Waals surface area contributed by atoms with Gasteiger partial charge in [-0.1, -0.05) is 12.8 Å². The van der Waals surface area contributed by atoms with Crippen LogP contribution >= 0.6 is 0 Å². The number of amides is 2. The van der Waals surface area contributed by atoms with Gasteiger partial charge in [0.05, 0.1) is 17.9 Å². The first kappa shape index (κ1) is 16.6. The van der Waals surface area contributed by atoms with Gasteiger partial charge in [-0.25, -0.2) is 4.98 Å². The number of nitrogens with one attached hydrogen (secondary N) is 1. The van der Waals surface area contributed by atoms with Gasteiger partial charge in [-0.15, -0.1) is 0 Å². The van der Waals surface area contributed by atoms with Crippen molar-refractivity contribution in [1.29, 1.82) is 0 Å². The summed E-state index contributed by atoms with van der Waals surface area (Å²) in [5, 5.41) is 3.16. The summed E-state index contributed by atoms with van der Waals surface area (Å²) in [6.45, 7) is 2.34. The number of aromatic nitrogens is 2. The van der Waals surface area contributed by atoms with Crippen LogP contribution in [-0.4, -0.2) is 45.4 Å². The van der Waals surface area contributed by atoms with Crippen molar-refractivity contribution in [2.45, 2.75) is 70.4 Å². The molecule has 2 fully saturated rings. The summed E-state index contributed by atoms with van der Waals surface area (Å²) >= 11 is 0. The topological polar surface area (TPSA) is 67.2 Å². The fraction of sp³-hybridized carbons (Fsp3) is 0.737. The minimum Gasteiger partial charge on any atom is -0.353 e. The third-order valence-electron chi connectivity index (χ3n) is 6.01. The quantitative estimate of drug-likeness (QED) is 0.913. The Morgan fingerprint density at radius 3 is 2.48 bits per heavy atom. The van der Waals surface area contributed by atoms with Gasteiger partial charge < -0.3 is 14.8 Å². The Morgan fingerprint density at radius 1 is 1.04 bits per heavy atom. The minimum atomic E-state index is 0.00318. The number of likely N-dealkylation sites (tertiary alicyclic amines) is 1. The molecule has 4 rings (SSSR count). The van der Waals surface area contributed by atoms with E-state index in [0.29, 0.717) is 18.3 Å². The molecule has 0 aromatic carbocycles. The maximum absolute atomic E-state index is 12.9. The summed E-state index contributed by atoms with van der Waals surface area (Å²) in [6.07, 6.45) is 11.4. The SMILES string of the molecule is O=C(NC1CCC1)C1CCc2c(C(=O)N3CCCCCC3)ncn2C1. The third kappa shape index (κ3) is 3.44. The molecule has 1 atom stereocenters. The molecule has 3 aliphatic rings. The lowest BCUT2D eigenvalue weighted by atomic mass is 9.91. The standard InChI is InChI=1S/C19H28N4O2/c24-18(21-15-6-5-7-15)14-8-9-16-17(20-13-23(16)12-14)19(25)22-10-3-1-2-4-11-22/h13-15H,1-12H2,(H,21,24). The predicted octanol–water partition coefficient (Wildman–Crippen LogP) is 2.13. The van der Waals surface area contributed by atoms with E-state index in [0.717, 1.165) is 57.3 Å². The van der Waals surface area contributed by atoms with Gasteiger partial charge in [0.15, 0.2) is 0 Å². The molecule has 1 aromatic heterocycles. The van der Waals surface area contributed by atoms with Crippen LogP contribution < -0.4 is 5.32 Å². The molecule has 2 amide bonds. The van der Waals surface area contributed by atoms with Crippen LogP contribution in [0.2, 0.25) is 0 Å². The van der Waals surface area contributed by atoms with Gasteiger partial charge in [-0.05, 0) is 44.9 Å². The number of carbonyl (C=O) groups excluding carboxylic acids is 2. The third-order valence-corrected chi connectivity index (χ3v) is 6.01. The Balaban J connectivity index is 1.42. The molecular formula is C19H28N4O2. The maximum Gasteiger partial charge on any atom is 0.274 e. The van der Waals surface area contributed by atoms with Gasteiger partial charge in [0.25, 0.3) is 5.91 Å². The molecule has 1 aromatic rings. The molecule has 1 unspecified atom stereocenters. The van der Waals surface area contributed by atoms with Crippen LogP contribution in [0.15, 0.2) is 6.33 Å². The number of imidazole rings is 1. The Bertz CT molecular complexity index is 642. The van der Waals surface area contributed by atoms with E-state index in [2.05, 4.69) is 10.3 Å². The van der Waals surface area contributed by atoms with Crippen LogP contribution in [0.3, 0.4) is 0 Å². The van der Waals surface area contributed by atoms with Crippen LogP contribution in [0.1, 0.15) is 67.5 Å². The van der Waals surface area contributed by atoms with Gasteiger partial charge in [-0.2, -0.15) is 0 Å². The molecule has 6 nitrogen and oxygen atoms in total. The fourth-order valence-electron chi connectivity index (χ4n) is 4.15. The second-order valence-corrected chi connectivity index (χ2v) is 7.77.